The van der Waals surface area contributed by atoms with Crippen molar-refractivity contribution in [1.82, 2.24) is 0 Å². The topological polar surface area (TPSA) is 134 Å². The zero-order chi connectivity index (χ0) is 26.7. The van der Waals surface area contributed by atoms with Gasteiger partial charge in [0.1, 0.15) is 11.5 Å². The van der Waals surface area contributed by atoms with Gasteiger partial charge in [0.25, 0.3) is 10.0 Å². The van der Waals surface area contributed by atoms with Crippen LogP contribution in [0.3, 0.4) is 0 Å². The molecular formula is C28H31NO7S. The van der Waals surface area contributed by atoms with Crippen LogP contribution in [0, 0.1) is 5.92 Å². The molecule has 3 aromatic rings. The molecule has 196 valence electrons. The number of rotatable bonds is 7. The van der Waals surface area contributed by atoms with Crippen molar-refractivity contribution in [2.45, 2.75) is 63.2 Å². The Hall–Kier alpha value is -3.59. The van der Waals surface area contributed by atoms with Crippen molar-refractivity contribution in [1.29, 1.82) is 0 Å². The molecule has 37 heavy (non-hydrogen) atoms. The van der Waals surface area contributed by atoms with Crippen molar-refractivity contribution in [3.8, 4) is 5.75 Å². The highest BCUT2D eigenvalue weighted by Gasteiger charge is 2.30. The third kappa shape index (κ3) is 5.72. The van der Waals surface area contributed by atoms with Crippen molar-refractivity contribution < 1.29 is 27.8 Å². The Morgan fingerprint density at radius 3 is 2.41 bits per heavy atom. The Balaban J connectivity index is 1.73. The molecule has 1 aliphatic rings. The number of carboxylic acids is 1. The molecule has 1 aliphatic carbocycles. The summed E-state index contributed by atoms with van der Waals surface area (Å²) in [7, 11) is -4.08. The van der Waals surface area contributed by atoms with Gasteiger partial charge in [0.05, 0.1) is 16.0 Å². The molecule has 0 radical (unpaired) electrons. The highest BCUT2D eigenvalue weighted by molar-refractivity contribution is 7.92. The second-order valence-electron chi connectivity index (χ2n) is 9.75. The third-order valence-electron chi connectivity index (χ3n) is 6.76. The maximum absolute atomic E-state index is 13.1. The highest BCUT2D eigenvalue weighted by atomic mass is 32.2. The zero-order valence-electron chi connectivity index (χ0n) is 20.9. The quantitative estimate of drug-likeness (QED) is 0.381. The molecule has 1 aromatic heterocycles. The molecule has 0 amide bonds. The summed E-state index contributed by atoms with van der Waals surface area (Å²) in [5.74, 6) is -1.35. The van der Waals surface area contributed by atoms with Gasteiger partial charge in [-0.1, -0.05) is 44.9 Å². The molecule has 0 bridgehead atoms. The molecule has 0 saturated carbocycles. The summed E-state index contributed by atoms with van der Waals surface area (Å²) in [4.78, 5) is 24.2. The van der Waals surface area contributed by atoms with E-state index in [0.717, 1.165) is 31.7 Å². The van der Waals surface area contributed by atoms with Crippen LogP contribution in [0.25, 0.3) is 0 Å². The van der Waals surface area contributed by atoms with Gasteiger partial charge in [-0.05, 0) is 61.1 Å². The number of anilines is 1. The first-order valence-corrected chi connectivity index (χ1v) is 13.9. The number of carbonyl (C=O) groups is 1. The van der Waals surface area contributed by atoms with Gasteiger partial charge >= 0.3 is 11.6 Å². The monoisotopic (exact) mass is 525 g/mol. The molecule has 0 spiro atoms. The van der Waals surface area contributed by atoms with Crippen molar-refractivity contribution in [2.75, 3.05) is 4.72 Å². The van der Waals surface area contributed by atoms with Crippen molar-refractivity contribution in [3.63, 3.8) is 0 Å². The Labute approximate surface area is 216 Å². The number of hydrogen-bond acceptors (Lipinski definition) is 6. The molecule has 0 saturated heterocycles. The maximum Gasteiger partial charge on any atom is 0.343 e. The number of benzene rings is 2. The van der Waals surface area contributed by atoms with Crippen LogP contribution >= 0.6 is 0 Å². The van der Waals surface area contributed by atoms with Gasteiger partial charge in [-0.25, -0.2) is 18.0 Å². The van der Waals surface area contributed by atoms with Gasteiger partial charge in [-0.2, -0.15) is 0 Å². The summed E-state index contributed by atoms with van der Waals surface area (Å²) >= 11 is 0. The molecule has 1 heterocycles. The molecule has 2 aromatic carbocycles. The van der Waals surface area contributed by atoms with Gasteiger partial charge in [-0.15, -0.1) is 0 Å². The Morgan fingerprint density at radius 2 is 1.70 bits per heavy atom. The lowest BCUT2D eigenvalue weighted by Gasteiger charge is -2.24. The van der Waals surface area contributed by atoms with Crippen LogP contribution in [-0.4, -0.2) is 24.6 Å². The summed E-state index contributed by atoms with van der Waals surface area (Å²) in [5, 5.41) is 20.5. The van der Waals surface area contributed by atoms with E-state index in [9.17, 15) is 28.2 Å². The summed E-state index contributed by atoms with van der Waals surface area (Å²) in [6.45, 7) is 3.85. The largest absolute Gasteiger partial charge is 0.507 e. The van der Waals surface area contributed by atoms with E-state index >= 15 is 0 Å². The normalized spacial score (nSPS) is 14.9. The van der Waals surface area contributed by atoms with Crippen molar-refractivity contribution in [2.24, 2.45) is 5.92 Å². The molecule has 0 aliphatic heterocycles. The summed E-state index contributed by atoms with van der Waals surface area (Å²) in [5.41, 5.74) is 1.05. The molecule has 0 fully saturated rings. The lowest BCUT2D eigenvalue weighted by atomic mass is 9.81. The first kappa shape index (κ1) is 26.5. The number of carboxylic acid groups (broad SMARTS) is 1. The van der Waals surface area contributed by atoms with Gasteiger partial charge in [-0.3, -0.25) is 4.72 Å². The molecule has 9 heteroatoms. The maximum atomic E-state index is 13.1. The standard InChI is InChI=1S/C28H31NO7S/c1-17(2)24(25-26(30)22-13-5-3-4-6-14-23(22)36-28(25)33)18-9-7-11-20(15-18)29-37(34,35)21-12-8-10-19(16-21)27(31)32/h7-12,15-17,24,29-30H,3-6,13-14H2,1-2H3,(H,31,32). The second kappa shape index (κ2) is 10.8. The minimum atomic E-state index is -4.08. The summed E-state index contributed by atoms with van der Waals surface area (Å²) in [6.07, 6.45) is 5.17. The van der Waals surface area contributed by atoms with Gasteiger partial charge < -0.3 is 14.6 Å². The Morgan fingerprint density at radius 1 is 1.00 bits per heavy atom. The smallest absolute Gasteiger partial charge is 0.343 e. The number of sulfonamides is 1. The molecule has 8 nitrogen and oxygen atoms in total. The average molecular weight is 526 g/mol. The number of hydrogen-bond donors (Lipinski definition) is 3. The average Bonchev–Trinajstić information content (AvgIpc) is 2.82. The summed E-state index contributed by atoms with van der Waals surface area (Å²) < 4.78 is 34.2. The molecule has 1 unspecified atom stereocenters. The first-order valence-electron chi connectivity index (χ1n) is 12.4. The van der Waals surface area contributed by atoms with Crippen LogP contribution in [-0.2, 0) is 22.9 Å². The molecule has 1 atom stereocenters. The van der Waals surface area contributed by atoms with Crippen LogP contribution in [0.2, 0.25) is 0 Å². The third-order valence-corrected chi connectivity index (χ3v) is 8.14. The van der Waals surface area contributed by atoms with E-state index in [1.165, 1.54) is 18.2 Å². The lowest BCUT2D eigenvalue weighted by Crippen LogP contribution is -2.21. The molecular weight excluding hydrogens is 494 g/mol. The van der Waals surface area contributed by atoms with Gasteiger partial charge in [0.2, 0.25) is 0 Å². The van der Waals surface area contributed by atoms with E-state index in [0.29, 0.717) is 29.7 Å². The minimum absolute atomic E-state index is 0.0247. The molecule has 4 rings (SSSR count). The van der Waals surface area contributed by atoms with Crippen LogP contribution in [0.4, 0.5) is 5.69 Å². The number of aromatic hydroxyl groups is 1. The number of aromatic carboxylic acids is 1. The van der Waals surface area contributed by atoms with Crippen LogP contribution in [0.15, 0.2) is 62.6 Å². The summed E-state index contributed by atoms with van der Waals surface area (Å²) in [6, 6.07) is 11.7. The number of aryl methyl sites for hydroxylation is 1. The fourth-order valence-corrected chi connectivity index (χ4v) is 6.08. The number of nitrogens with one attached hydrogen (secondary N) is 1. The number of fused-ring (bicyclic) bond motifs is 1. The van der Waals surface area contributed by atoms with E-state index in [4.69, 9.17) is 4.42 Å². The van der Waals surface area contributed by atoms with E-state index in [2.05, 4.69) is 4.72 Å². The second-order valence-corrected chi connectivity index (χ2v) is 11.4. The van der Waals surface area contributed by atoms with Crippen molar-refractivity contribution in [3.05, 3.63) is 87.0 Å². The van der Waals surface area contributed by atoms with Crippen LogP contribution in [0.5, 0.6) is 5.75 Å². The van der Waals surface area contributed by atoms with Crippen molar-refractivity contribution >= 4 is 21.7 Å². The minimum Gasteiger partial charge on any atom is -0.507 e. The van der Waals surface area contributed by atoms with E-state index < -0.39 is 27.5 Å². The predicted octanol–water partition coefficient (Wildman–Crippen LogP) is 5.29. The van der Waals surface area contributed by atoms with Gasteiger partial charge in [0, 0.05) is 23.6 Å². The van der Waals surface area contributed by atoms with E-state index in [1.807, 2.05) is 13.8 Å². The Bertz CT molecular complexity index is 1470. The molecule has 3 N–H and O–H groups in total. The fourth-order valence-electron chi connectivity index (χ4n) is 4.99. The first-order chi connectivity index (χ1) is 17.6. The Kier molecular flexibility index (Phi) is 7.73. The van der Waals surface area contributed by atoms with E-state index in [-0.39, 0.29) is 33.4 Å². The van der Waals surface area contributed by atoms with Crippen LogP contribution < -0.4 is 10.3 Å². The highest BCUT2D eigenvalue weighted by Crippen LogP contribution is 2.39. The zero-order valence-corrected chi connectivity index (χ0v) is 21.7. The van der Waals surface area contributed by atoms with Crippen LogP contribution in [0.1, 0.15) is 78.3 Å². The van der Waals surface area contributed by atoms with Gasteiger partial charge in [0.15, 0.2) is 0 Å². The van der Waals surface area contributed by atoms with E-state index in [1.54, 1.807) is 24.3 Å². The SMILES string of the molecule is CC(C)C(c1cccc(NS(=O)(=O)c2cccc(C(=O)O)c2)c1)c1c(O)c2c(oc1=O)CCCCCC2. The fraction of sp³-hybridized carbons (Fsp3) is 0.357. The lowest BCUT2D eigenvalue weighted by molar-refractivity contribution is 0.0696. The predicted molar refractivity (Wildman–Crippen MR) is 140 cm³/mol.